The average Bonchev–Trinajstić information content (AvgIpc) is 2.90. The van der Waals surface area contributed by atoms with Crippen LogP contribution in [0.2, 0.25) is 0 Å². The van der Waals surface area contributed by atoms with Gasteiger partial charge in [0, 0.05) is 37.7 Å². The second-order valence-corrected chi connectivity index (χ2v) is 7.04. The highest BCUT2D eigenvalue weighted by molar-refractivity contribution is 5.90. The number of carbonyl (C=O) groups excluding carboxylic acids is 2. The summed E-state index contributed by atoms with van der Waals surface area (Å²) < 4.78 is 0. The first-order valence-electron chi connectivity index (χ1n) is 8.78. The molecule has 1 aliphatic rings. The van der Waals surface area contributed by atoms with E-state index in [0.29, 0.717) is 18.9 Å². The van der Waals surface area contributed by atoms with Gasteiger partial charge in [-0.25, -0.2) is 0 Å². The molecule has 0 bridgehead atoms. The molecule has 0 aliphatic heterocycles. The predicted molar refractivity (Wildman–Crippen MR) is 104 cm³/mol. The average molecular weight is 368 g/mol. The lowest BCUT2D eigenvalue weighted by Gasteiger charge is -2.25. The van der Waals surface area contributed by atoms with E-state index < -0.39 is 0 Å². The van der Waals surface area contributed by atoms with E-state index in [1.54, 1.807) is 6.92 Å². The van der Waals surface area contributed by atoms with Crippen LogP contribution in [0.25, 0.3) is 0 Å². The van der Waals surface area contributed by atoms with Gasteiger partial charge in [0.2, 0.25) is 11.8 Å². The monoisotopic (exact) mass is 367 g/mol. The van der Waals surface area contributed by atoms with Crippen molar-refractivity contribution >= 4 is 29.9 Å². The molecule has 1 aromatic carbocycles. The fourth-order valence-electron chi connectivity index (χ4n) is 3.32. The van der Waals surface area contributed by atoms with Crippen molar-refractivity contribution < 1.29 is 9.59 Å². The van der Waals surface area contributed by atoms with Gasteiger partial charge in [0.05, 0.1) is 0 Å². The lowest BCUT2D eigenvalue weighted by atomic mass is 10.00. The van der Waals surface area contributed by atoms with E-state index in [1.165, 1.54) is 0 Å². The Kier molecular flexibility index (Phi) is 8.39. The highest BCUT2D eigenvalue weighted by Crippen LogP contribution is 2.27. The molecule has 0 radical (unpaired) electrons. The molecule has 1 saturated carbocycles. The third-order valence-electron chi connectivity index (χ3n) is 4.78. The number of nitrogens with one attached hydrogen (secondary N) is 1. The molecule has 0 aromatic heterocycles. The summed E-state index contributed by atoms with van der Waals surface area (Å²) in [6, 6.07) is 8.01. The summed E-state index contributed by atoms with van der Waals surface area (Å²) in [4.78, 5) is 25.6. The van der Waals surface area contributed by atoms with Crippen molar-refractivity contribution in [3.63, 3.8) is 0 Å². The van der Waals surface area contributed by atoms with Gasteiger partial charge in [0.15, 0.2) is 0 Å². The van der Waals surface area contributed by atoms with Gasteiger partial charge in [-0.1, -0.05) is 18.6 Å². The molecule has 0 heterocycles. The van der Waals surface area contributed by atoms with Crippen LogP contribution in [0.5, 0.6) is 0 Å². The lowest BCUT2D eigenvalue weighted by Crippen LogP contribution is -2.34. The lowest BCUT2D eigenvalue weighted by molar-refractivity contribution is -0.131. The number of amides is 2. The fourth-order valence-corrected chi connectivity index (χ4v) is 3.32. The fraction of sp³-hybridized carbons (Fsp3) is 0.579. The van der Waals surface area contributed by atoms with Gasteiger partial charge >= 0.3 is 0 Å². The number of rotatable bonds is 6. The van der Waals surface area contributed by atoms with Crippen molar-refractivity contribution in [1.82, 2.24) is 4.90 Å². The van der Waals surface area contributed by atoms with Crippen molar-refractivity contribution in [3.8, 4) is 0 Å². The standard InChI is InChI=1S/C19H29N3O2.ClH/c1-13(2)22(14(3)23)12-15-7-9-17(10-8-15)21-19(24)11-16-5-4-6-18(16)20;/h7-10,13,16,18H,4-6,11-12,20H2,1-3H3,(H,21,24);1H/t16-,18+;/m0./s1. The number of hydrogen-bond acceptors (Lipinski definition) is 3. The Morgan fingerprint density at radius 3 is 2.36 bits per heavy atom. The van der Waals surface area contributed by atoms with Gasteiger partial charge < -0.3 is 16.0 Å². The summed E-state index contributed by atoms with van der Waals surface area (Å²) in [6.07, 6.45) is 3.68. The molecule has 1 aromatic rings. The molecule has 2 atom stereocenters. The van der Waals surface area contributed by atoms with E-state index in [1.807, 2.05) is 43.0 Å². The van der Waals surface area contributed by atoms with Gasteiger partial charge in [0.25, 0.3) is 0 Å². The van der Waals surface area contributed by atoms with Gasteiger partial charge in [0.1, 0.15) is 0 Å². The zero-order valence-corrected chi connectivity index (χ0v) is 16.1. The largest absolute Gasteiger partial charge is 0.336 e. The summed E-state index contributed by atoms with van der Waals surface area (Å²) in [5.74, 6) is 0.396. The third kappa shape index (κ3) is 6.33. The number of benzene rings is 1. The SMILES string of the molecule is CC(=O)N(Cc1ccc(NC(=O)C[C@@H]2CCC[C@H]2N)cc1)C(C)C.Cl. The second-order valence-electron chi connectivity index (χ2n) is 7.04. The van der Waals surface area contributed by atoms with Crippen molar-refractivity contribution in [1.29, 1.82) is 0 Å². The smallest absolute Gasteiger partial charge is 0.224 e. The Balaban J connectivity index is 0.00000312. The molecule has 0 saturated heterocycles. The molecular weight excluding hydrogens is 338 g/mol. The Bertz CT molecular complexity index is 575. The third-order valence-corrected chi connectivity index (χ3v) is 4.78. The number of anilines is 1. The van der Waals surface area contributed by atoms with E-state index >= 15 is 0 Å². The number of carbonyl (C=O) groups is 2. The maximum absolute atomic E-state index is 12.1. The van der Waals surface area contributed by atoms with Gasteiger partial charge in [-0.2, -0.15) is 0 Å². The van der Waals surface area contributed by atoms with E-state index in [-0.39, 0.29) is 36.3 Å². The molecule has 0 spiro atoms. The van der Waals surface area contributed by atoms with Crippen molar-refractivity contribution in [2.45, 2.75) is 65.1 Å². The van der Waals surface area contributed by atoms with Gasteiger partial charge in [-0.05, 0) is 50.3 Å². The van der Waals surface area contributed by atoms with Crippen LogP contribution in [0.3, 0.4) is 0 Å². The Labute approximate surface area is 156 Å². The summed E-state index contributed by atoms with van der Waals surface area (Å²) in [5.41, 5.74) is 7.86. The number of nitrogens with two attached hydrogens (primary N) is 1. The quantitative estimate of drug-likeness (QED) is 0.809. The highest BCUT2D eigenvalue weighted by Gasteiger charge is 2.26. The van der Waals surface area contributed by atoms with Crippen molar-refractivity contribution in [3.05, 3.63) is 29.8 Å². The van der Waals surface area contributed by atoms with Crippen molar-refractivity contribution in [2.24, 2.45) is 11.7 Å². The minimum Gasteiger partial charge on any atom is -0.336 e. The number of halogens is 1. The Morgan fingerprint density at radius 1 is 1.24 bits per heavy atom. The summed E-state index contributed by atoms with van der Waals surface area (Å²) in [6.45, 7) is 6.17. The van der Waals surface area contributed by atoms with E-state index in [2.05, 4.69) is 5.32 Å². The van der Waals surface area contributed by atoms with Crippen LogP contribution in [-0.4, -0.2) is 28.8 Å². The number of hydrogen-bond donors (Lipinski definition) is 2. The second kappa shape index (κ2) is 9.78. The van der Waals surface area contributed by atoms with E-state index in [4.69, 9.17) is 5.73 Å². The van der Waals surface area contributed by atoms with Crippen LogP contribution in [0.1, 0.15) is 52.0 Å². The zero-order chi connectivity index (χ0) is 17.7. The van der Waals surface area contributed by atoms with Crippen molar-refractivity contribution in [2.75, 3.05) is 5.32 Å². The Morgan fingerprint density at radius 2 is 1.88 bits per heavy atom. The molecule has 2 amide bonds. The molecule has 140 valence electrons. The first-order chi connectivity index (χ1) is 11.4. The molecule has 6 heteroatoms. The maximum Gasteiger partial charge on any atom is 0.224 e. The van der Waals surface area contributed by atoms with Crippen LogP contribution in [0.4, 0.5) is 5.69 Å². The van der Waals surface area contributed by atoms with E-state index in [0.717, 1.165) is 30.5 Å². The highest BCUT2D eigenvalue weighted by atomic mass is 35.5. The van der Waals surface area contributed by atoms with Crippen LogP contribution in [0, 0.1) is 5.92 Å². The predicted octanol–water partition coefficient (Wildman–Crippen LogP) is 3.32. The van der Waals surface area contributed by atoms with Crippen LogP contribution >= 0.6 is 12.4 Å². The molecule has 3 N–H and O–H groups in total. The minimum atomic E-state index is 0. The normalized spacial score (nSPS) is 19.4. The maximum atomic E-state index is 12.1. The summed E-state index contributed by atoms with van der Waals surface area (Å²) in [5, 5.41) is 2.94. The van der Waals surface area contributed by atoms with Crippen LogP contribution in [0.15, 0.2) is 24.3 Å². The van der Waals surface area contributed by atoms with E-state index in [9.17, 15) is 9.59 Å². The molecule has 1 aliphatic carbocycles. The molecular formula is C19H30ClN3O2. The molecule has 0 unspecified atom stereocenters. The Hall–Kier alpha value is -1.59. The summed E-state index contributed by atoms with van der Waals surface area (Å²) in [7, 11) is 0. The molecule has 5 nitrogen and oxygen atoms in total. The van der Waals surface area contributed by atoms with Crippen LogP contribution < -0.4 is 11.1 Å². The molecule has 1 fully saturated rings. The topological polar surface area (TPSA) is 75.4 Å². The number of nitrogens with zero attached hydrogens (tertiary/aromatic N) is 1. The zero-order valence-electron chi connectivity index (χ0n) is 15.3. The first-order valence-corrected chi connectivity index (χ1v) is 8.78. The first kappa shape index (κ1) is 21.5. The molecule has 2 rings (SSSR count). The van der Waals surface area contributed by atoms with Gasteiger partial charge in [-0.15, -0.1) is 12.4 Å². The molecule has 25 heavy (non-hydrogen) atoms. The van der Waals surface area contributed by atoms with Crippen LogP contribution in [-0.2, 0) is 16.1 Å². The summed E-state index contributed by atoms with van der Waals surface area (Å²) >= 11 is 0. The van der Waals surface area contributed by atoms with Gasteiger partial charge in [-0.3, -0.25) is 9.59 Å². The minimum absolute atomic E-state index is 0.